The van der Waals surface area contributed by atoms with E-state index < -0.39 is 0 Å². The van der Waals surface area contributed by atoms with Crippen molar-refractivity contribution in [2.24, 2.45) is 11.3 Å². The summed E-state index contributed by atoms with van der Waals surface area (Å²) in [7, 11) is 0. The molecule has 1 aliphatic rings. The maximum Gasteiger partial charge on any atom is 0.219 e. The van der Waals surface area contributed by atoms with Gasteiger partial charge in [0.1, 0.15) is 0 Å². The van der Waals surface area contributed by atoms with Crippen molar-refractivity contribution < 1.29 is 4.79 Å². The van der Waals surface area contributed by atoms with E-state index in [0.29, 0.717) is 11.8 Å². The first-order valence-electron chi connectivity index (χ1n) is 7.45. The Morgan fingerprint density at radius 2 is 2.11 bits per heavy atom. The van der Waals surface area contributed by atoms with E-state index >= 15 is 0 Å². The number of halogens is 1. The summed E-state index contributed by atoms with van der Waals surface area (Å²) in [5.74, 6) is 0.983. The molecule has 1 unspecified atom stereocenters. The van der Waals surface area contributed by atoms with Crippen molar-refractivity contribution in [3.05, 3.63) is 0 Å². The molecule has 0 radical (unpaired) electrons. The molecule has 1 aliphatic heterocycles. The fourth-order valence-electron chi connectivity index (χ4n) is 2.45. The molecule has 0 spiro atoms. The van der Waals surface area contributed by atoms with Crippen molar-refractivity contribution in [3.8, 4) is 0 Å². The smallest absolute Gasteiger partial charge is 0.219 e. The van der Waals surface area contributed by atoms with Crippen LogP contribution in [0.1, 0.15) is 59.3 Å². The van der Waals surface area contributed by atoms with Crippen LogP contribution in [-0.4, -0.2) is 25.5 Å². The second-order valence-corrected chi connectivity index (χ2v) is 6.77. The van der Waals surface area contributed by atoms with Gasteiger partial charge in [-0.1, -0.05) is 20.8 Å². The number of hydrogen-bond acceptors (Lipinski definition) is 2. The van der Waals surface area contributed by atoms with Crippen LogP contribution in [0.15, 0.2) is 0 Å². The fraction of sp³-hybridized carbons (Fsp3) is 0.933. The van der Waals surface area contributed by atoms with Crippen molar-refractivity contribution in [2.75, 3.05) is 19.6 Å². The lowest BCUT2D eigenvalue weighted by Crippen LogP contribution is -2.33. The highest BCUT2D eigenvalue weighted by Gasteiger charge is 2.13. The first kappa shape index (κ1) is 18.7. The van der Waals surface area contributed by atoms with Gasteiger partial charge in [-0.25, -0.2) is 0 Å². The predicted octanol–water partition coefficient (Wildman–Crippen LogP) is 3.13. The number of amides is 1. The van der Waals surface area contributed by atoms with Gasteiger partial charge < -0.3 is 10.6 Å². The van der Waals surface area contributed by atoms with Crippen LogP contribution in [0.4, 0.5) is 0 Å². The number of carbonyl (C=O) groups is 1. The Kier molecular flexibility index (Phi) is 9.46. The van der Waals surface area contributed by atoms with Crippen LogP contribution in [0.5, 0.6) is 0 Å². The van der Waals surface area contributed by atoms with Gasteiger partial charge in [0.15, 0.2) is 0 Å². The molecule has 3 nitrogen and oxygen atoms in total. The number of carbonyl (C=O) groups excluding carboxylic acids is 1. The maximum absolute atomic E-state index is 11.6. The van der Waals surface area contributed by atoms with E-state index in [1.54, 1.807) is 0 Å². The predicted molar refractivity (Wildman–Crippen MR) is 83.8 cm³/mol. The second kappa shape index (κ2) is 9.60. The highest BCUT2D eigenvalue weighted by Crippen LogP contribution is 2.21. The molecule has 114 valence electrons. The Labute approximate surface area is 124 Å². The lowest BCUT2D eigenvalue weighted by atomic mass is 9.90. The van der Waals surface area contributed by atoms with Gasteiger partial charge in [0.05, 0.1) is 0 Å². The molecule has 0 aromatic heterocycles. The molecule has 4 heteroatoms. The van der Waals surface area contributed by atoms with Crippen LogP contribution in [0.2, 0.25) is 0 Å². The van der Waals surface area contributed by atoms with Gasteiger partial charge in [0.2, 0.25) is 5.91 Å². The van der Waals surface area contributed by atoms with E-state index in [9.17, 15) is 4.79 Å². The standard InChI is InChI=1S/C15H30N2O.ClH/c1-15(2,3)9-4-7-14(18)17-11-8-13-6-5-10-16-12-13;/h13,16H,4-12H2,1-3H3,(H,17,18);1H. The third-order valence-electron chi connectivity index (χ3n) is 3.60. The van der Waals surface area contributed by atoms with Gasteiger partial charge in [-0.3, -0.25) is 4.79 Å². The number of piperidine rings is 1. The average Bonchev–Trinajstić information content (AvgIpc) is 2.28. The average molecular weight is 291 g/mol. The fourth-order valence-corrected chi connectivity index (χ4v) is 2.45. The molecule has 1 rings (SSSR count). The minimum Gasteiger partial charge on any atom is -0.356 e. The molecule has 19 heavy (non-hydrogen) atoms. The van der Waals surface area contributed by atoms with Crippen LogP contribution < -0.4 is 10.6 Å². The zero-order valence-corrected chi connectivity index (χ0v) is 13.6. The summed E-state index contributed by atoms with van der Waals surface area (Å²) in [4.78, 5) is 11.6. The first-order chi connectivity index (χ1) is 8.47. The van der Waals surface area contributed by atoms with E-state index in [4.69, 9.17) is 0 Å². The summed E-state index contributed by atoms with van der Waals surface area (Å²) < 4.78 is 0. The molecule has 1 atom stereocenters. The molecule has 1 fully saturated rings. The van der Waals surface area contributed by atoms with Gasteiger partial charge in [0, 0.05) is 13.0 Å². The molecular formula is C15H31ClN2O. The Hall–Kier alpha value is -0.280. The van der Waals surface area contributed by atoms with Gasteiger partial charge in [-0.2, -0.15) is 0 Å². The molecule has 1 heterocycles. The van der Waals surface area contributed by atoms with Crippen molar-refractivity contribution >= 4 is 18.3 Å². The molecule has 0 aromatic carbocycles. The number of rotatable bonds is 6. The molecule has 2 N–H and O–H groups in total. The van der Waals surface area contributed by atoms with Crippen LogP contribution in [0, 0.1) is 11.3 Å². The Morgan fingerprint density at radius 1 is 1.37 bits per heavy atom. The Bertz CT molecular complexity index is 245. The van der Waals surface area contributed by atoms with E-state index in [1.165, 1.54) is 12.8 Å². The summed E-state index contributed by atoms with van der Waals surface area (Å²) in [5.41, 5.74) is 0.341. The molecule has 0 aromatic rings. The van der Waals surface area contributed by atoms with Crippen molar-refractivity contribution in [3.63, 3.8) is 0 Å². The van der Waals surface area contributed by atoms with Crippen LogP contribution in [-0.2, 0) is 4.79 Å². The van der Waals surface area contributed by atoms with Gasteiger partial charge in [-0.05, 0) is 56.5 Å². The normalized spacial score (nSPS) is 19.6. The van der Waals surface area contributed by atoms with E-state index in [1.807, 2.05) is 0 Å². The van der Waals surface area contributed by atoms with Crippen LogP contribution in [0.25, 0.3) is 0 Å². The SMILES string of the molecule is CC(C)(C)CCCC(=O)NCCC1CCCNC1.Cl. The molecule has 0 aliphatic carbocycles. The minimum absolute atomic E-state index is 0. The topological polar surface area (TPSA) is 41.1 Å². The first-order valence-corrected chi connectivity index (χ1v) is 7.45. The largest absolute Gasteiger partial charge is 0.356 e. The lowest BCUT2D eigenvalue weighted by molar-refractivity contribution is -0.121. The van der Waals surface area contributed by atoms with Crippen molar-refractivity contribution in [2.45, 2.75) is 59.3 Å². The Morgan fingerprint density at radius 3 is 2.68 bits per heavy atom. The minimum atomic E-state index is 0. The third kappa shape index (κ3) is 10.2. The molecule has 1 saturated heterocycles. The summed E-state index contributed by atoms with van der Waals surface area (Å²) in [6, 6.07) is 0. The number of nitrogens with one attached hydrogen (secondary N) is 2. The van der Waals surface area contributed by atoms with E-state index in [2.05, 4.69) is 31.4 Å². The summed E-state index contributed by atoms with van der Waals surface area (Å²) in [6.45, 7) is 9.80. The van der Waals surface area contributed by atoms with E-state index in [0.717, 1.165) is 44.8 Å². The third-order valence-corrected chi connectivity index (χ3v) is 3.60. The Balaban J connectivity index is 0.00000324. The molecule has 1 amide bonds. The summed E-state index contributed by atoms with van der Waals surface area (Å²) in [6.07, 6.45) is 6.52. The van der Waals surface area contributed by atoms with Gasteiger partial charge >= 0.3 is 0 Å². The zero-order chi connectivity index (χ0) is 13.4. The highest BCUT2D eigenvalue weighted by atomic mass is 35.5. The number of hydrogen-bond donors (Lipinski definition) is 2. The van der Waals surface area contributed by atoms with E-state index in [-0.39, 0.29) is 18.3 Å². The summed E-state index contributed by atoms with van der Waals surface area (Å²) >= 11 is 0. The molecule has 0 saturated carbocycles. The monoisotopic (exact) mass is 290 g/mol. The molecular weight excluding hydrogens is 260 g/mol. The van der Waals surface area contributed by atoms with Crippen molar-refractivity contribution in [1.82, 2.24) is 10.6 Å². The highest BCUT2D eigenvalue weighted by molar-refractivity contribution is 5.85. The maximum atomic E-state index is 11.6. The van der Waals surface area contributed by atoms with Gasteiger partial charge in [-0.15, -0.1) is 12.4 Å². The van der Waals surface area contributed by atoms with Crippen LogP contribution in [0.3, 0.4) is 0 Å². The van der Waals surface area contributed by atoms with Gasteiger partial charge in [0.25, 0.3) is 0 Å². The summed E-state index contributed by atoms with van der Waals surface area (Å²) in [5, 5.41) is 6.46. The zero-order valence-electron chi connectivity index (χ0n) is 12.8. The van der Waals surface area contributed by atoms with Crippen LogP contribution >= 0.6 is 12.4 Å². The molecule has 0 bridgehead atoms. The second-order valence-electron chi connectivity index (χ2n) is 6.77. The van der Waals surface area contributed by atoms with Crippen molar-refractivity contribution in [1.29, 1.82) is 0 Å². The lowest BCUT2D eigenvalue weighted by Gasteiger charge is -2.22. The quantitative estimate of drug-likeness (QED) is 0.789.